The molecule has 3 aromatic rings. The molecule has 0 N–H and O–H groups in total. The van der Waals surface area contributed by atoms with E-state index in [2.05, 4.69) is 42.8 Å². The van der Waals surface area contributed by atoms with E-state index in [9.17, 15) is 0 Å². The summed E-state index contributed by atoms with van der Waals surface area (Å²) in [6.07, 6.45) is 0. The average Bonchev–Trinajstić information content (AvgIpc) is 2.83. The maximum atomic E-state index is 5.87. The molecule has 0 aliphatic carbocycles. The highest BCUT2D eigenvalue weighted by molar-refractivity contribution is 5.84. The highest BCUT2D eigenvalue weighted by Crippen LogP contribution is 2.24. The van der Waals surface area contributed by atoms with E-state index in [-0.39, 0.29) is 0 Å². The van der Waals surface area contributed by atoms with E-state index in [1.54, 1.807) is 7.11 Å². The lowest BCUT2D eigenvalue weighted by Crippen LogP contribution is -2.02. The van der Waals surface area contributed by atoms with Gasteiger partial charge in [-0.15, -0.1) is 0 Å². The molecule has 0 unspecified atom stereocenters. The topological polar surface area (TPSA) is 23.4 Å². The average molecular weight is 281 g/mol. The van der Waals surface area contributed by atoms with Gasteiger partial charge in [0.2, 0.25) is 0 Å². The Hall–Kier alpha value is -2.42. The Labute approximate surface area is 124 Å². The number of ether oxygens (including phenoxy) is 2. The lowest BCUT2D eigenvalue weighted by atomic mass is 10.2. The summed E-state index contributed by atoms with van der Waals surface area (Å²) in [5.74, 6) is 1.68. The Kier molecular flexibility index (Phi) is 3.57. The molecule has 0 atom stereocenters. The predicted octanol–water partition coefficient (Wildman–Crippen LogP) is 4.07. The van der Waals surface area contributed by atoms with Crippen molar-refractivity contribution in [1.82, 2.24) is 4.57 Å². The third kappa shape index (κ3) is 2.59. The SMILES string of the molecule is COc1ccc(OCc2cc3cccc(C)c3n2C)cc1. The van der Waals surface area contributed by atoms with Gasteiger partial charge in [-0.25, -0.2) is 0 Å². The standard InChI is InChI=1S/C18H19NO2/c1-13-5-4-6-14-11-15(19(2)18(13)14)12-21-17-9-7-16(20-3)8-10-17/h4-11H,12H2,1-3H3. The molecule has 0 aliphatic rings. The summed E-state index contributed by atoms with van der Waals surface area (Å²) in [7, 11) is 3.75. The maximum absolute atomic E-state index is 5.87. The number of fused-ring (bicyclic) bond motifs is 1. The van der Waals surface area contributed by atoms with Crippen LogP contribution in [0.1, 0.15) is 11.3 Å². The summed E-state index contributed by atoms with van der Waals surface area (Å²) in [6.45, 7) is 2.69. The number of hydrogen-bond acceptors (Lipinski definition) is 2. The molecular formula is C18H19NO2. The molecule has 3 rings (SSSR count). The fourth-order valence-electron chi connectivity index (χ4n) is 2.64. The van der Waals surface area contributed by atoms with E-state index in [1.807, 2.05) is 24.3 Å². The van der Waals surface area contributed by atoms with Gasteiger partial charge in [-0.2, -0.15) is 0 Å². The fraction of sp³-hybridized carbons (Fsp3) is 0.222. The number of hydrogen-bond donors (Lipinski definition) is 0. The van der Waals surface area contributed by atoms with Crippen molar-refractivity contribution in [3.63, 3.8) is 0 Å². The van der Waals surface area contributed by atoms with Gasteiger partial charge < -0.3 is 14.0 Å². The maximum Gasteiger partial charge on any atom is 0.128 e. The van der Waals surface area contributed by atoms with Crippen molar-refractivity contribution in [2.24, 2.45) is 7.05 Å². The van der Waals surface area contributed by atoms with Crippen LogP contribution >= 0.6 is 0 Å². The smallest absolute Gasteiger partial charge is 0.128 e. The summed E-state index contributed by atoms with van der Waals surface area (Å²) in [5, 5.41) is 1.26. The van der Waals surface area contributed by atoms with Gasteiger partial charge in [0.05, 0.1) is 18.3 Å². The number of aryl methyl sites for hydroxylation is 2. The van der Waals surface area contributed by atoms with Gasteiger partial charge in [-0.05, 0) is 42.8 Å². The van der Waals surface area contributed by atoms with Crippen molar-refractivity contribution in [3.05, 3.63) is 59.8 Å². The minimum absolute atomic E-state index is 0.553. The Morgan fingerprint density at radius 2 is 1.71 bits per heavy atom. The lowest BCUT2D eigenvalue weighted by molar-refractivity contribution is 0.297. The molecule has 1 heterocycles. The zero-order chi connectivity index (χ0) is 14.8. The van der Waals surface area contributed by atoms with Crippen LogP contribution in [-0.4, -0.2) is 11.7 Å². The van der Waals surface area contributed by atoms with Crippen molar-refractivity contribution in [1.29, 1.82) is 0 Å². The van der Waals surface area contributed by atoms with Gasteiger partial charge in [0.25, 0.3) is 0 Å². The van der Waals surface area contributed by atoms with Crippen molar-refractivity contribution < 1.29 is 9.47 Å². The van der Waals surface area contributed by atoms with E-state index in [0.29, 0.717) is 6.61 Å². The quantitative estimate of drug-likeness (QED) is 0.719. The van der Waals surface area contributed by atoms with E-state index in [1.165, 1.54) is 16.5 Å². The monoisotopic (exact) mass is 281 g/mol. The van der Waals surface area contributed by atoms with E-state index < -0.39 is 0 Å². The lowest BCUT2D eigenvalue weighted by Gasteiger charge is -2.09. The second-order valence-electron chi connectivity index (χ2n) is 5.17. The fourth-order valence-corrected chi connectivity index (χ4v) is 2.64. The molecule has 0 saturated carbocycles. The third-order valence-corrected chi connectivity index (χ3v) is 3.80. The third-order valence-electron chi connectivity index (χ3n) is 3.80. The number of rotatable bonds is 4. The van der Waals surface area contributed by atoms with Gasteiger partial charge in [0.1, 0.15) is 18.1 Å². The Bertz CT molecular complexity index is 757. The summed E-state index contributed by atoms with van der Waals surface area (Å²) in [4.78, 5) is 0. The minimum atomic E-state index is 0.553. The molecule has 2 aromatic carbocycles. The van der Waals surface area contributed by atoms with Crippen LogP contribution in [0.3, 0.4) is 0 Å². The van der Waals surface area contributed by atoms with Gasteiger partial charge in [0, 0.05) is 12.4 Å². The Morgan fingerprint density at radius 1 is 1.00 bits per heavy atom. The first-order chi connectivity index (χ1) is 10.2. The van der Waals surface area contributed by atoms with Crippen molar-refractivity contribution >= 4 is 10.9 Å². The molecule has 0 aliphatic heterocycles. The number of methoxy groups -OCH3 is 1. The molecule has 0 spiro atoms. The molecule has 0 amide bonds. The zero-order valence-corrected chi connectivity index (χ0v) is 12.6. The van der Waals surface area contributed by atoms with E-state index in [0.717, 1.165) is 17.2 Å². The molecule has 1 aromatic heterocycles. The molecule has 0 fully saturated rings. The van der Waals surface area contributed by atoms with Crippen molar-refractivity contribution in [2.45, 2.75) is 13.5 Å². The van der Waals surface area contributed by atoms with Crippen LogP contribution < -0.4 is 9.47 Å². The summed E-state index contributed by atoms with van der Waals surface area (Å²) in [6, 6.07) is 16.2. The van der Waals surface area contributed by atoms with E-state index >= 15 is 0 Å². The highest BCUT2D eigenvalue weighted by atomic mass is 16.5. The predicted molar refractivity (Wildman–Crippen MR) is 85.0 cm³/mol. The number of aromatic nitrogens is 1. The summed E-state index contributed by atoms with van der Waals surface area (Å²) < 4.78 is 13.2. The van der Waals surface area contributed by atoms with Crippen LogP contribution in [0.2, 0.25) is 0 Å². The van der Waals surface area contributed by atoms with Crippen LogP contribution in [0.25, 0.3) is 10.9 Å². The zero-order valence-electron chi connectivity index (χ0n) is 12.6. The van der Waals surface area contributed by atoms with Crippen LogP contribution in [-0.2, 0) is 13.7 Å². The van der Waals surface area contributed by atoms with Crippen LogP contribution in [0.15, 0.2) is 48.5 Å². The van der Waals surface area contributed by atoms with Crippen LogP contribution in [0, 0.1) is 6.92 Å². The van der Waals surface area contributed by atoms with Gasteiger partial charge in [0.15, 0.2) is 0 Å². The first-order valence-electron chi connectivity index (χ1n) is 7.00. The van der Waals surface area contributed by atoms with E-state index in [4.69, 9.17) is 9.47 Å². The molecule has 3 heteroatoms. The van der Waals surface area contributed by atoms with Gasteiger partial charge >= 0.3 is 0 Å². The largest absolute Gasteiger partial charge is 0.497 e. The summed E-state index contributed by atoms with van der Waals surface area (Å²) >= 11 is 0. The van der Waals surface area contributed by atoms with Crippen LogP contribution in [0.4, 0.5) is 0 Å². The Balaban J connectivity index is 1.81. The molecule has 0 bridgehead atoms. The molecule has 0 saturated heterocycles. The Morgan fingerprint density at radius 3 is 2.38 bits per heavy atom. The minimum Gasteiger partial charge on any atom is -0.497 e. The normalized spacial score (nSPS) is 10.8. The number of para-hydroxylation sites is 1. The van der Waals surface area contributed by atoms with Gasteiger partial charge in [-0.3, -0.25) is 0 Å². The molecule has 108 valence electrons. The molecule has 0 radical (unpaired) electrons. The first-order valence-corrected chi connectivity index (χ1v) is 7.00. The molecular weight excluding hydrogens is 262 g/mol. The van der Waals surface area contributed by atoms with Crippen molar-refractivity contribution in [3.8, 4) is 11.5 Å². The number of nitrogens with zero attached hydrogens (tertiary/aromatic N) is 1. The second-order valence-corrected chi connectivity index (χ2v) is 5.17. The summed E-state index contributed by atoms with van der Waals surface area (Å²) in [5.41, 5.74) is 3.71. The van der Waals surface area contributed by atoms with Crippen molar-refractivity contribution in [2.75, 3.05) is 7.11 Å². The second kappa shape index (κ2) is 5.52. The number of benzene rings is 2. The van der Waals surface area contributed by atoms with Gasteiger partial charge in [-0.1, -0.05) is 18.2 Å². The molecule has 3 nitrogen and oxygen atoms in total. The molecule has 21 heavy (non-hydrogen) atoms. The first kappa shape index (κ1) is 13.6. The van der Waals surface area contributed by atoms with Crippen LogP contribution in [0.5, 0.6) is 11.5 Å². The highest BCUT2D eigenvalue weighted by Gasteiger charge is 2.08.